The van der Waals surface area contributed by atoms with E-state index in [2.05, 4.69) is 13.8 Å². The van der Waals surface area contributed by atoms with Crippen molar-refractivity contribution in [3.05, 3.63) is 0 Å². The summed E-state index contributed by atoms with van der Waals surface area (Å²) in [6, 6.07) is 0. The van der Waals surface area contributed by atoms with Crippen LogP contribution in [0, 0.1) is 0 Å². The third-order valence-corrected chi connectivity index (χ3v) is 5.34. The van der Waals surface area contributed by atoms with Gasteiger partial charge in [-0.3, -0.25) is 14.4 Å². The molecule has 0 N–H and O–H groups in total. The highest BCUT2D eigenvalue weighted by molar-refractivity contribution is 5.77. The zero-order valence-electron chi connectivity index (χ0n) is 20.8. The highest BCUT2D eigenvalue weighted by Gasteiger charge is 2.10. The largest absolute Gasteiger partial charge is 0.466 e. The predicted molar refractivity (Wildman–Crippen MR) is 127 cm³/mol. The summed E-state index contributed by atoms with van der Waals surface area (Å²) in [6.45, 7) is 5.45. The summed E-state index contributed by atoms with van der Waals surface area (Å²) in [5.74, 6) is -1.04. The molecule has 0 aliphatic rings. The second kappa shape index (κ2) is 24.1. The minimum atomic E-state index is -0.436. The first kappa shape index (κ1) is 30.4. The van der Waals surface area contributed by atoms with Crippen molar-refractivity contribution >= 4 is 17.9 Å². The molecule has 0 atom stereocenters. The second-order valence-corrected chi connectivity index (χ2v) is 8.51. The molecule has 0 amide bonds. The number of hydrogen-bond donors (Lipinski definition) is 0. The lowest BCUT2D eigenvalue weighted by Gasteiger charge is -2.07. The Labute approximate surface area is 196 Å². The lowest BCUT2D eigenvalue weighted by atomic mass is 10.1. The van der Waals surface area contributed by atoms with Gasteiger partial charge in [0.05, 0.1) is 32.7 Å². The van der Waals surface area contributed by atoms with Crippen molar-refractivity contribution < 1.29 is 28.6 Å². The van der Waals surface area contributed by atoms with Crippen molar-refractivity contribution in [2.75, 3.05) is 19.8 Å². The fourth-order valence-electron chi connectivity index (χ4n) is 3.31. The van der Waals surface area contributed by atoms with E-state index in [1.807, 2.05) is 0 Å². The van der Waals surface area contributed by atoms with Crippen LogP contribution in [-0.2, 0) is 28.6 Å². The van der Waals surface area contributed by atoms with Crippen LogP contribution < -0.4 is 0 Å². The van der Waals surface area contributed by atoms with Gasteiger partial charge in [0.2, 0.25) is 0 Å². The highest BCUT2D eigenvalue weighted by Crippen LogP contribution is 2.08. The molecule has 0 aliphatic heterocycles. The van der Waals surface area contributed by atoms with Gasteiger partial charge < -0.3 is 14.2 Å². The van der Waals surface area contributed by atoms with Crippen LogP contribution in [0.2, 0.25) is 0 Å². The molecule has 0 aromatic heterocycles. The number of hydrogen-bond acceptors (Lipinski definition) is 6. The molecule has 0 aliphatic carbocycles. The molecule has 188 valence electrons. The Hall–Kier alpha value is -1.59. The third kappa shape index (κ3) is 23.1. The summed E-state index contributed by atoms with van der Waals surface area (Å²) in [5.41, 5.74) is 0. The Kier molecular flexibility index (Phi) is 22.9. The zero-order chi connectivity index (χ0) is 23.7. The molecule has 0 heterocycles. The molecule has 6 nitrogen and oxygen atoms in total. The number of carbonyl (C=O) groups excluding carboxylic acids is 3. The van der Waals surface area contributed by atoms with Crippen LogP contribution in [0.4, 0.5) is 0 Å². The van der Waals surface area contributed by atoms with Gasteiger partial charge in [-0.05, 0) is 19.3 Å². The van der Waals surface area contributed by atoms with Crippen molar-refractivity contribution in [3.63, 3.8) is 0 Å². The quantitative estimate of drug-likeness (QED) is 0.0969. The number of ether oxygens (including phenoxy) is 3. The van der Waals surface area contributed by atoms with Crippen LogP contribution >= 0.6 is 0 Å². The lowest BCUT2D eigenvalue weighted by Crippen LogP contribution is -2.12. The van der Waals surface area contributed by atoms with Crippen LogP contribution in [0.1, 0.15) is 129 Å². The van der Waals surface area contributed by atoms with E-state index in [0.29, 0.717) is 19.6 Å². The van der Waals surface area contributed by atoms with Gasteiger partial charge in [-0.25, -0.2) is 0 Å². The Balaban J connectivity index is 3.44. The van der Waals surface area contributed by atoms with Gasteiger partial charge in [-0.2, -0.15) is 0 Å². The molecule has 0 unspecified atom stereocenters. The molecule has 0 saturated carbocycles. The van der Waals surface area contributed by atoms with E-state index in [1.54, 1.807) is 0 Å². The smallest absolute Gasteiger partial charge is 0.306 e. The summed E-state index contributed by atoms with van der Waals surface area (Å²) in [5, 5.41) is 0. The summed E-state index contributed by atoms with van der Waals surface area (Å²) in [4.78, 5) is 35.0. The summed E-state index contributed by atoms with van der Waals surface area (Å²) < 4.78 is 15.4. The first-order valence-corrected chi connectivity index (χ1v) is 13.1. The highest BCUT2D eigenvalue weighted by atomic mass is 16.5. The van der Waals surface area contributed by atoms with Crippen LogP contribution in [-0.4, -0.2) is 37.7 Å². The number of carbonyl (C=O) groups is 3. The molecule has 0 aromatic rings. The Bertz CT molecular complexity index is 463. The van der Waals surface area contributed by atoms with Crippen molar-refractivity contribution in [3.8, 4) is 0 Å². The standard InChI is InChI=1S/C26H48O6/c1-3-5-7-9-11-13-15-21-30-24(27)18-17-23-32-26(29)20-19-25(28)31-22-16-14-12-10-8-6-4-2/h3-23H2,1-2H3. The molecular weight excluding hydrogens is 408 g/mol. The first-order valence-electron chi connectivity index (χ1n) is 13.1. The maximum absolute atomic E-state index is 11.7. The summed E-state index contributed by atoms with van der Waals surface area (Å²) >= 11 is 0. The van der Waals surface area contributed by atoms with Gasteiger partial charge in [-0.15, -0.1) is 0 Å². The van der Waals surface area contributed by atoms with Crippen LogP contribution in [0.25, 0.3) is 0 Å². The van der Waals surface area contributed by atoms with Crippen LogP contribution in [0.15, 0.2) is 0 Å². The predicted octanol–water partition coefficient (Wildman–Crippen LogP) is 6.68. The van der Waals surface area contributed by atoms with E-state index >= 15 is 0 Å². The zero-order valence-corrected chi connectivity index (χ0v) is 20.8. The van der Waals surface area contributed by atoms with E-state index in [9.17, 15) is 14.4 Å². The first-order chi connectivity index (χ1) is 15.6. The van der Waals surface area contributed by atoms with Gasteiger partial charge >= 0.3 is 17.9 Å². The monoisotopic (exact) mass is 456 g/mol. The molecule has 32 heavy (non-hydrogen) atoms. The molecule has 0 saturated heterocycles. The average molecular weight is 457 g/mol. The van der Waals surface area contributed by atoms with E-state index in [4.69, 9.17) is 14.2 Å². The van der Waals surface area contributed by atoms with Crippen LogP contribution in [0.5, 0.6) is 0 Å². The molecule has 0 spiro atoms. The van der Waals surface area contributed by atoms with E-state index in [-0.39, 0.29) is 37.8 Å². The summed E-state index contributed by atoms with van der Waals surface area (Å²) in [7, 11) is 0. The third-order valence-electron chi connectivity index (χ3n) is 5.34. The fraction of sp³-hybridized carbons (Fsp3) is 0.885. The molecule has 0 aromatic carbocycles. The summed E-state index contributed by atoms with van der Waals surface area (Å²) in [6.07, 6.45) is 17.2. The molecular formula is C26H48O6. The Morgan fingerprint density at radius 2 is 0.719 bits per heavy atom. The minimum absolute atomic E-state index is 0.0125. The van der Waals surface area contributed by atoms with E-state index in [1.165, 1.54) is 64.2 Å². The molecule has 6 heteroatoms. The van der Waals surface area contributed by atoms with E-state index in [0.717, 1.165) is 25.7 Å². The van der Waals surface area contributed by atoms with Gasteiger partial charge in [0.25, 0.3) is 0 Å². The average Bonchev–Trinajstić information content (AvgIpc) is 2.79. The van der Waals surface area contributed by atoms with Crippen LogP contribution in [0.3, 0.4) is 0 Å². The van der Waals surface area contributed by atoms with Crippen molar-refractivity contribution in [1.29, 1.82) is 0 Å². The Morgan fingerprint density at radius 3 is 1.12 bits per heavy atom. The second-order valence-electron chi connectivity index (χ2n) is 8.51. The molecule has 0 bridgehead atoms. The van der Waals surface area contributed by atoms with Gasteiger partial charge in [0.15, 0.2) is 0 Å². The van der Waals surface area contributed by atoms with Gasteiger partial charge in [0, 0.05) is 6.42 Å². The molecule has 0 rings (SSSR count). The van der Waals surface area contributed by atoms with Gasteiger partial charge in [-0.1, -0.05) is 90.9 Å². The number of esters is 3. The molecule has 0 radical (unpaired) electrons. The fourth-order valence-corrected chi connectivity index (χ4v) is 3.31. The minimum Gasteiger partial charge on any atom is -0.466 e. The normalized spacial score (nSPS) is 10.7. The topological polar surface area (TPSA) is 78.9 Å². The number of unbranched alkanes of at least 4 members (excludes halogenated alkanes) is 12. The lowest BCUT2D eigenvalue weighted by molar-refractivity contribution is -0.151. The van der Waals surface area contributed by atoms with Crippen molar-refractivity contribution in [1.82, 2.24) is 0 Å². The molecule has 0 fully saturated rings. The van der Waals surface area contributed by atoms with Crippen molar-refractivity contribution in [2.45, 2.75) is 129 Å². The number of rotatable bonds is 23. The van der Waals surface area contributed by atoms with E-state index < -0.39 is 5.97 Å². The maximum Gasteiger partial charge on any atom is 0.306 e. The van der Waals surface area contributed by atoms with Crippen molar-refractivity contribution in [2.24, 2.45) is 0 Å². The van der Waals surface area contributed by atoms with Gasteiger partial charge in [0.1, 0.15) is 0 Å². The SMILES string of the molecule is CCCCCCCCCOC(=O)CCCOC(=O)CCC(=O)OCCCCCCCCC. The Morgan fingerprint density at radius 1 is 0.406 bits per heavy atom. The maximum atomic E-state index is 11.7.